The molecule has 1 aliphatic heterocycles. The number of carbonyl (C=O) groups is 3. The maximum absolute atomic E-state index is 12.8. The number of carbonyl (C=O) groups excluding carboxylic acids is 3. The topological polar surface area (TPSA) is 106 Å². The molecule has 0 saturated carbocycles. The predicted octanol–water partition coefficient (Wildman–Crippen LogP) is 5.10. The van der Waals surface area contributed by atoms with Crippen molar-refractivity contribution in [1.29, 1.82) is 0 Å². The van der Waals surface area contributed by atoms with Crippen LogP contribution in [0.2, 0.25) is 10.0 Å². The Hall–Kier alpha value is -2.97. The number of halogens is 2. The molecule has 3 rings (SSSR count). The monoisotopic (exact) mass is 507 g/mol. The molecule has 2 amide bonds. The standard InChI is InChI=1S/C24H27Cl2N3O5/c1-24(2,3)34-23(32)27-15-7-5-13(6-8-15)9-20(30)29-18-12-19(22(31)33-4)28-17-11-14(25)10-16(26)21(17)18/h5-8,10-11,18-19,28H,9,12H2,1-4H3,(H,27,32)(H,29,30)/t18-,19+/m0/s1. The number of hydrogen-bond acceptors (Lipinski definition) is 6. The first kappa shape index (κ1) is 25.6. The maximum Gasteiger partial charge on any atom is 0.412 e. The first-order chi connectivity index (χ1) is 15.9. The van der Waals surface area contributed by atoms with Crippen molar-refractivity contribution in [2.75, 3.05) is 17.7 Å². The van der Waals surface area contributed by atoms with Gasteiger partial charge in [-0.15, -0.1) is 0 Å². The number of methoxy groups -OCH3 is 1. The van der Waals surface area contributed by atoms with E-state index in [9.17, 15) is 14.4 Å². The Bertz CT molecular complexity index is 1080. The van der Waals surface area contributed by atoms with E-state index in [-0.39, 0.29) is 18.7 Å². The molecule has 0 bridgehead atoms. The number of amides is 2. The van der Waals surface area contributed by atoms with Gasteiger partial charge in [-0.1, -0.05) is 35.3 Å². The first-order valence-electron chi connectivity index (χ1n) is 10.7. The number of rotatable bonds is 5. The largest absolute Gasteiger partial charge is 0.467 e. The molecule has 2 atom stereocenters. The Labute approximate surface area is 208 Å². The van der Waals surface area contributed by atoms with E-state index in [0.29, 0.717) is 27.0 Å². The van der Waals surface area contributed by atoms with Crippen LogP contribution in [0.4, 0.5) is 16.2 Å². The average Bonchev–Trinajstić information content (AvgIpc) is 2.72. The summed E-state index contributed by atoms with van der Waals surface area (Å²) in [4.78, 5) is 36.9. The van der Waals surface area contributed by atoms with Crippen molar-refractivity contribution in [2.24, 2.45) is 0 Å². The Morgan fingerprint density at radius 2 is 1.79 bits per heavy atom. The summed E-state index contributed by atoms with van der Waals surface area (Å²) in [6.45, 7) is 5.35. The third kappa shape index (κ3) is 6.77. The molecule has 2 aromatic carbocycles. The summed E-state index contributed by atoms with van der Waals surface area (Å²) in [5, 5.41) is 9.49. The lowest BCUT2D eigenvalue weighted by Gasteiger charge is -2.33. The SMILES string of the molecule is COC(=O)[C@H]1C[C@H](NC(=O)Cc2ccc(NC(=O)OC(C)(C)C)cc2)c2c(Cl)cc(Cl)cc2N1. The highest BCUT2D eigenvalue weighted by atomic mass is 35.5. The number of nitrogens with one attached hydrogen (secondary N) is 3. The molecule has 0 saturated heterocycles. The molecule has 0 aliphatic carbocycles. The zero-order chi connectivity index (χ0) is 25.0. The van der Waals surface area contributed by atoms with Gasteiger partial charge in [0.2, 0.25) is 5.91 Å². The molecular weight excluding hydrogens is 481 g/mol. The van der Waals surface area contributed by atoms with E-state index in [4.69, 9.17) is 32.7 Å². The number of esters is 1. The number of ether oxygens (including phenoxy) is 2. The number of fused-ring (bicyclic) bond motifs is 1. The van der Waals surface area contributed by atoms with Crippen LogP contribution >= 0.6 is 23.2 Å². The van der Waals surface area contributed by atoms with Gasteiger partial charge in [-0.05, 0) is 50.6 Å². The Morgan fingerprint density at radius 1 is 1.12 bits per heavy atom. The minimum Gasteiger partial charge on any atom is -0.467 e. The zero-order valence-electron chi connectivity index (χ0n) is 19.3. The van der Waals surface area contributed by atoms with Crippen LogP contribution in [-0.2, 0) is 25.5 Å². The van der Waals surface area contributed by atoms with Crippen LogP contribution in [0, 0.1) is 0 Å². The summed E-state index contributed by atoms with van der Waals surface area (Å²) in [6.07, 6.45) is -0.189. The van der Waals surface area contributed by atoms with Gasteiger partial charge in [-0.2, -0.15) is 0 Å². The lowest BCUT2D eigenvalue weighted by atomic mass is 9.92. The van der Waals surface area contributed by atoms with Crippen molar-refractivity contribution >= 4 is 52.5 Å². The van der Waals surface area contributed by atoms with E-state index >= 15 is 0 Å². The first-order valence-corrected chi connectivity index (χ1v) is 11.4. The summed E-state index contributed by atoms with van der Waals surface area (Å²) >= 11 is 12.5. The van der Waals surface area contributed by atoms with Gasteiger partial charge in [0, 0.05) is 33.4 Å². The van der Waals surface area contributed by atoms with Crippen molar-refractivity contribution in [2.45, 2.75) is 51.3 Å². The molecule has 2 aromatic rings. The predicted molar refractivity (Wildman–Crippen MR) is 131 cm³/mol. The van der Waals surface area contributed by atoms with Gasteiger partial charge in [0.1, 0.15) is 11.6 Å². The smallest absolute Gasteiger partial charge is 0.412 e. The molecule has 0 aromatic heterocycles. The Kier molecular flexibility index (Phi) is 7.94. The summed E-state index contributed by atoms with van der Waals surface area (Å²) in [5.74, 6) is -0.700. The van der Waals surface area contributed by atoms with E-state index in [1.165, 1.54) is 7.11 Å². The van der Waals surface area contributed by atoms with Gasteiger partial charge in [-0.3, -0.25) is 10.1 Å². The maximum atomic E-state index is 12.8. The van der Waals surface area contributed by atoms with Crippen LogP contribution in [-0.4, -0.2) is 36.7 Å². The lowest BCUT2D eigenvalue weighted by Crippen LogP contribution is -2.42. The third-order valence-corrected chi connectivity index (χ3v) is 5.56. The fraction of sp³-hybridized carbons (Fsp3) is 0.375. The molecule has 0 spiro atoms. The molecule has 1 aliphatic rings. The van der Waals surface area contributed by atoms with Crippen LogP contribution in [0.25, 0.3) is 0 Å². The third-order valence-electron chi connectivity index (χ3n) is 5.03. The second-order valence-corrected chi connectivity index (χ2v) is 9.77. The van der Waals surface area contributed by atoms with Crippen molar-refractivity contribution in [3.63, 3.8) is 0 Å². The second kappa shape index (κ2) is 10.5. The summed E-state index contributed by atoms with van der Waals surface area (Å²) in [6, 6.07) is 8.96. The molecule has 0 radical (unpaired) electrons. The molecule has 0 fully saturated rings. The second-order valence-electron chi connectivity index (χ2n) is 8.93. The van der Waals surface area contributed by atoms with Crippen molar-refractivity contribution in [3.8, 4) is 0 Å². The van der Waals surface area contributed by atoms with Gasteiger partial charge in [-0.25, -0.2) is 9.59 Å². The van der Waals surface area contributed by atoms with Crippen LogP contribution in [0.15, 0.2) is 36.4 Å². The summed E-state index contributed by atoms with van der Waals surface area (Å²) in [5.41, 5.74) is 1.93. The molecular formula is C24H27Cl2N3O5. The van der Waals surface area contributed by atoms with Gasteiger partial charge >= 0.3 is 12.1 Å². The van der Waals surface area contributed by atoms with Crippen LogP contribution < -0.4 is 16.0 Å². The molecule has 10 heteroatoms. The van der Waals surface area contributed by atoms with E-state index < -0.39 is 29.7 Å². The number of benzene rings is 2. The molecule has 182 valence electrons. The molecule has 1 heterocycles. The lowest BCUT2D eigenvalue weighted by molar-refractivity contribution is -0.142. The molecule has 0 unspecified atom stereocenters. The minimum absolute atomic E-state index is 0.0973. The quantitative estimate of drug-likeness (QED) is 0.486. The summed E-state index contributed by atoms with van der Waals surface area (Å²) in [7, 11) is 1.30. The zero-order valence-corrected chi connectivity index (χ0v) is 20.8. The van der Waals surface area contributed by atoms with Gasteiger partial charge in [0.25, 0.3) is 0 Å². The fourth-order valence-corrected chi connectivity index (χ4v) is 4.27. The highest BCUT2D eigenvalue weighted by Crippen LogP contribution is 2.40. The van der Waals surface area contributed by atoms with Gasteiger partial charge in [0.15, 0.2) is 0 Å². The van der Waals surface area contributed by atoms with Crippen LogP contribution in [0.5, 0.6) is 0 Å². The Morgan fingerprint density at radius 3 is 2.41 bits per heavy atom. The highest BCUT2D eigenvalue weighted by molar-refractivity contribution is 6.35. The van der Waals surface area contributed by atoms with E-state index in [1.807, 2.05) is 0 Å². The van der Waals surface area contributed by atoms with E-state index in [0.717, 1.165) is 5.56 Å². The highest BCUT2D eigenvalue weighted by Gasteiger charge is 2.34. The van der Waals surface area contributed by atoms with E-state index in [2.05, 4.69) is 16.0 Å². The normalized spacial score (nSPS) is 17.1. The number of hydrogen-bond donors (Lipinski definition) is 3. The minimum atomic E-state index is -0.657. The molecule has 8 nitrogen and oxygen atoms in total. The Balaban J connectivity index is 1.68. The van der Waals surface area contributed by atoms with Gasteiger partial charge in [0.05, 0.1) is 19.6 Å². The van der Waals surface area contributed by atoms with Crippen molar-refractivity contribution in [1.82, 2.24) is 5.32 Å². The van der Waals surface area contributed by atoms with Crippen molar-refractivity contribution < 1.29 is 23.9 Å². The molecule has 3 N–H and O–H groups in total. The average molecular weight is 508 g/mol. The van der Waals surface area contributed by atoms with Crippen LogP contribution in [0.1, 0.15) is 44.4 Å². The fourth-order valence-electron chi connectivity index (χ4n) is 3.65. The molecule has 34 heavy (non-hydrogen) atoms. The van der Waals surface area contributed by atoms with Crippen LogP contribution in [0.3, 0.4) is 0 Å². The van der Waals surface area contributed by atoms with Gasteiger partial charge < -0.3 is 20.1 Å². The summed E-state index contributed by atoms with van der Waals surface area (Å²) < 4.78 is 10.1. The van der Waals surface area contributed by atoms with Crippen molar-refractivity contribution in [3.05, 3.63) is 57.6 Å². The number of anilines is 2. The van der Waals surface area contributed by atoms with E-state index in [1.54, 1.807) is 57.2 Å².